The molecule has 0 aliphatic heterocycles. The summed E-state index contributed by atoms with van der Waals surface area (Å²) in [5.41, 5.74) is 2.55. The van der Waals surface area contributed by atoms with Gasteiger partial charge in [0.15, 0.2) is 0 Å². The SMILES string of the molecule is CCc1cc(-c2ccc(-c3ccsc3C=COC)s2)c(C=COC)s1. The predicted molar refractivity (Wildman–Crippen MR) is 112 cm³/mol. The number of hydrogen-bond acceptors (Lipinski definition) is 5. The quantitative estimate of drug-likeness (QED) is 0.406. The Labute approximate surface area is 160 Å². The van der Waals surface area contributed by atoms with Crippen LogP contribution in [0.3, 0.4) is 0 Å². The van der Waals surface area contributed by atoms with Crippen molar-refractivity contribution in [1.82, 2.24) is 0 Å². The van der Waals surface area contributed by atoms with Gasteiger partial charge in [-0.15, -0.1) is 34.0 Å². The minimum atomic E-state index is 1.05. The summed E-state index contributed by atoms with van der Waals surface area (Å²) < 4.78 is 10.2. The van der Waals surface area contributed by atoms with E-state index in [1.807, 2.05) is 28.7 Å². The van der Waals surface area contributed by atoms with Crippen LogP contribution in [-0.2, 0) is 15.9 Å². The lowest BCUT2D eigenvalue weighted by atomic mass is 10.2. The van der Waals surface area contributed by atoms with Crippen molar-refractivity contribution in [3.63, 3.8) is 0 Å². The lowest BCUT2D eigenvalue weighted by Gasteiger charge is -1.97. The first-order chi connectivity index (χ1) is 12.3. The third-order valence-electron chi connectivity index (χ3n) is 3.70. The van der Waals surface area contributed by atoms with Gasteiger partial charge in [-0.2, -0.15) is 0 Å². The third kappa shape index (κ3) is 4.06. The monoisotopic (exact) mass is 388 g/mol. The number of thiophene rings is 3. The molecule has 0 fully saturated rings. The van der Waals surface area contributed by atoms with Crippen LogP contribution in [0.2, 0.25) is 0 Å². The highest BCUT2D eigenvalue weighted by Gasteiger charge is 2.13. The molecule has 0 saturated heterocycles. The first kappa shape index (κ1) is 18.0. The van der Waals surface area contributed by atoms with E-state index in [1.54, 1.807) is 38.1 Å². The maximum Gasteiger partial charge on any atom is 0.0838 e. The molecule has 0 radical (unpaired) electrons. The Bertz CT molecular complexity index is 881. The number of ether oxygens (including phenoxy) is 2. The van der Waals surface area contributed by atoms with E-state index in [0.29, 0.717) is 0 Å². The van der Waals surface area contributed by atoms with Gasteiger partial charge in [0, 0.05) is 35.5 Å². The van der Waals surface area contributed by atoms with Crippen LogP contribution < -0.4 is 0 Å². The fourth-order valence-electron chi connectivity index (χ4n) is 2.49. The number of hydrogen-bond donors (Lipinski definition) is 0. The van der Waals surface area contributed by atoms with E-state index in [4.69, 9.17) is 9.47 Å². The molecule has 5 heteroatoms. The molecular weight excluding hydrogens is 368 g/mol. The Balaban J connectivity index is 1.97. The van der Waals surface area contributed by atoms with E-state index >= 15 is 0 Å². The summed E-state index contributed by atoms with van der Waals surface area (Å²) in [6, 6.07) is 8.90. The Kier molecular flexibility index (Phi) is 6.13. The molecule has 25 heavy (non-hydrogen) atoms. The summed E-state index contributed by atoms with van der Waals surface area (Å²) in [5.74, 6) is 0. The zero-order valence-corrected chi connectivity index (χ0v) is 16.9. The predicted octanol–water partition coefficient (Wildman–Crippen LogP) is 7.00. The fraction of sp³-hybridized carbons (Fsp3) is 0.200. The molecule has 0 amide bonds. The zero-order chi connectivity index (χ0) is 17.6. The molecule has 130 valence electrons. The first-order valence-corrected chi connectivity index (χ1v) is 10.5. The van der Waals surface area contributed by atoms with Crippen LogP contribution in [0.25, 0.3) is 33.0 Å². The van der Waals surface area contributed by atoms with Crippen molar-refractivity contribution in [3.8, 4) is 20.9 Å². The summed E-state index contributed by atoms with van der Waals surface area (Å²) in [4.78, 5) is 6.42. The molecule has 0 unspecified atom stereocenters. The molecule has 0 aliphatic rings. The summed E-state index contributed by atoms with van der Waals surface area (Å²) in [6.45, 7) is 2.19. The Morgan fingerprint density at radius 1 is 0.880 bits per heavy atom. The Hall–Kier alpha value is -1.82. The normalized spacial score (nSPS) is 11.6. The molecule has 3 aromatic heterocycles. The maximum absolute atomic E-state index is 5.11. The van der Waals surface area contributed by atoms with Gasteiger partial charge >= 0.3 is 0 Å². The van der Waals surface area contributed by atoms with E-state index in [-0.39, 0.29) is 0 Å². The van der Waals surface area contributed by atoms with E-state index in [1.165, 1.54) is 35.5 Å². The molecule has 0 spiro atoms. The first-order valence-electron chi connectivity index (χ1n) is 7.96. The van der Waals surface area contributed by atoms with Crippen LogP contribution in [-0.4, -0.2) is 14.2 Å². The average Bonchev–Trinajstić information content (AvgIpc) is 3.35. The van der Waals surface area contributed by atoms with E-state index in [2.05, 4.69) is 42.6 Å². The van der Waals surface area contributed by atoms with Crippen molar-refractivity contribution in [2.24, 2.45) is 0 Å². The molecule has 0 atom stereocenters. The topological polar surface area (TPSA) is 18.5 Å². The number of methoxy groups -OCH3 is 2. The van der Waals surface area contributed by atoms with Gasteiger partial charge in [-0.25, -0.2) is 0 Å². The third-order valence-corrected chi connectivity index (χ3v) is 6.98. The molecule has 0 bridgehead atoms. The van der Waals surface area contributed by atoms with Crippen LogP contribution in [0, 0.1) is 0 Å². The molecule has 0 aliphatic carbocycles. The number of aryl methyl sites for hydroxylation is 1. The van der Waals surface area contributed by atoms with Crippen LogP contribution in [0.15, 0.2) is 42.2 Å². The summed E-state index contributed by atoms with van der Waals surface area (Å²) in [6.07, 6.45) is 8.59. The number of rotatable bonds is 7. The largest absolute Gasteiger partial charge is 0.504 e. The summed E-state index contributed by atoms with van der Waals surface area (Å²) >= 11 is 5.38. The maximum atomic E-state index is 5.11. The lowest BCUT2D eigenvalue weighted by molar-refractivity contribution is 0.341. The summed E-state index contributed by atoms with van der Waals surface area (Å²) in [7, 11) is 3.35. The highest BCUT2D eigenvalue weighted by Crippen LogP contribution is 2.41. The lowest BCUT2D eigenvalue weighted by Crippen LogP contribution is -1.72. The highest BCUT2D eigenvalue weighted by molar-refractivity contribution is 7.20. The molecule has 0 aromatic carbocycles. The highest BCUT2D eigenvalue weighted by atomic mass is 32.1. The van der Waals surface area contributed by atoms with Gasteiger partial charge in [0.1, 0.15) is 0 Å². The molecule has 2 nitrogen and oxygen atoms in total. The second-order valence-corrected chi connectivity index (χ2v) is 8.48. The van der Waals surface area contributed by atoms with Crippen molar-refractivity contribution < 1.29 is 9.47 Å². The molecule has 3 heterocycles. The zero-order valence-electron chi connectivity index (χ0n) is 14.4. The van der Waals surface area contributed by atoms with Crippen LogP contribution in [0.4, 0.5) is 0 Å². The molecule has 0 saturated carbocycles. The Morgan fingerprint density at radius 3 is 2.24 bits per heavy atom. The van der Waals surface area contributed by atoms with Gasteiger partial charge in [0.2, 0.25) is 0 Å². The summed E-state index contributed by atoms with van der Waals surface area (Å²) in [5, 5.41) is 2.12. The van der Waals surface area contributed by atoms with Crippen molar-refractivity contribution in [1.29, 1.82) is 0 Å². The molecule has 3 rings (SSSR count). The molecule has 3 aromatic rings. The van der Waals surface area contributed by atoms with Gasteiger partial charge in [-0.1, -0.05) is 6.92 Å². The minimum Gasteiger partial charge on any atom is -0.504 e. The van der Waals surface area contributed by atoms with Crippen molar-refractivity contribution in [2.45, 2.75) is 13.3 Å². The van der Waals surface area contributed by atoms with Crippen LogP contribution >= 0.6 is 34.0 Å². The van der Waals surface area contributed by atoms with Crippen molar-refractivity contribution in [3.05, 3.63) is 56.8 Å². The van der Waals surface area contributed by atoms with Gasteiger partial charge in [-0.05, 0) is 48.2 Å². The van der Waals surface area contributed by atoms with Gasteiger partial charge < -0.3 is 9.47 Å². The molecule has 0 N–H and O–H groups in total. The van der Waals surface area contributed by atoms with E-state index in [0.717, 1.165) is 6.42 Å². The van der Waals surface area contributed by atoms with Crippen LogP contribution in [0.5, 0.6) is 0 Å². The van der Waals surface area contributed by atoms with E-state index in [9.17, 15) is 0 Å². The second-order valence-electron chi connectivity index (χ2n) is 5.28. The van der Waals surface area contributed by atoms with E-state index < -0.39 is 0 Å². The fourth-order valence-corrected chi connectivity index (χ4v) is 5.49. The second kappa shape index (κ2) is 8.52. The standard InChI is InChI=1S/C20H20O2S3/c1-4-14-13-16(20(24-14)8-11-22-3)19-6-5-18(25-19)15-9-12-23-17(15)7-10-21-2/h5-13H,4H2,1-3H3. The van der Waals surface area contributed by atoms with Crippen molar-refractivity contribution in [2.75, 3.05) is 14.2 Å². The van der Waals surface area contributed by atoms with Crippen molar-refractivity contribution >= 4 is 46.2 Å². The van der Waals surface area contributed by atoms with Gasteiger partial charge in [0.25, 0.3) is 0 Å². The Morgan fingerprint density at radius 2 is 1.56 bits per heavy atom. The molecular formula is C20H20O2S3. The van der Waals surface area contributed by atoms with Crippen LogP contribution in [0.1, 0.15) is 21.6 Å². The minimum absolute atomic E-state index is 1.05. The smallest absolute Gasteiger partial charge is 0.0838 e. The van der Waals surface area contributed by atoms with Gasteiger partial charge in [-0.3, -0.25) is 0 Å². The average molecular weight is 389 g/mol. The van der Waals surface area contributed by atoms with Gasteiger partial charge in [0.05, 0.1) is 26.7 Å².